The van der Waals surface area contributed by atoms with E-state index in [1.54, 1.807) is 0 Å². The third-order valence-electron chi connectivity index (χ3n) is 2.59. The molecule has 0 saturated carbocycles. The van der Waals surface area contributed by atoms with Gasteiger partial charge in [0, 0.05) is 24.1 Å². The number of aliphatic hydroxyl groups excluding tert-OH is 1. The first-order valence-corrected chi connectivity index (χ1v) is 6.56. The maximum Gasteiger partial charge on any atom is 0.340 e. The van der Waals surface area contributed by atoms with Crippen molar-refractivity contribution in [1.29, 1.82) is 0 Å². The van der Waals surface area contributed by atoms with Gasteiger partial charge in [0.1, 0.15) is 11.5 Å². The highest BCUT2D eigenvalue weighted by molar-refractivity contribution is 5.95. The van der Waals surface area contributed by atoms with E-state index in [1.807, 2.05) is 0 Å². The van der Waals surface area contributed by atoms with Crippen molar-refractivity contribution in [3.05, 3.63) is 35.9 Å². The molecule has 8 nitrogen and oxygen atoms in total. The zero-order chi connectivity index (χ0) is 17.4. The Morgan fingerprint density at radius 1 is 1.30 bits per heavy atom. The summed E-state index contributed by atoms with van der Waals surface area (Å²) in [5, 5.41) is 27.3. The second-order valence-corrected chi connectivity index (χ2v) is 4.52. The number of esters is 2. The summed E-state index contributed by atoms with van der Waals surface area (Å²) in [4.78, 5) is 33.4. The van der Waals surface area contributed by atoms with Crippen LogP contribution >= 0.6 is 0 Å². The lowest BCUT2D eigenvalue weighted by molar-refractivity contribution is -0.147. The summed E-state index contributed by atoms with van der Waals surface area (Å²) in [5.41, 5.74) is -0.116. The van der Waals surface area contributed by atoms with Gasteiger partial charge in [-0.3, -0.25) is 0 Å². The Morgan fingerprint density at radius 2 is 2.00 bits per heavy atom. The Balaban J connectivity index is 2.41. The molecule has 124 valence electrons. The van der Waals surface area contributed by atoms with Crippen LogP contribution in [0.15, 0.2) is 35.9 Å². The number of phenols is 1. The van der Waals surface area contributed by atoms with Crippen LogP contribution in [-0.4, -0.2) is 45.9 Å². The minimum Gasteiger partial charge on any atom is -0.508 e. The van der Waals surface area contributed by atoms with Gasteiger partial charge in [0.25, 0.3) is 0 Å². The summed E-state index contributed by atoms with van der Waals surface area (Å²) in [6, 6.07) is 5.47. The minimum absolute atomic E-state index is 0.0614. The van der Waals surface area contributed by atoms with E-state index in [9.17, 15) is 24.6 Å². The number of phenolic OH excluding ortho intramolecular Hbond substituents is 1. The predicted molar refractivity (Wildman–Crippen MR) is 76.7 cm³/mol. The van der Waals surface area contributed by atoms with E-state index >= 15 is 0 Å². The van der Waals surface area contributed by atoms with E-state index < -0.39 is 24.0 Å². The molecule has 0 aliphatic rings. The average Bonchev–Trinajstić information content (AvgIpc) is 2.46. The molecule has 1 unspecified atom stereocenters. The zero-order valence-electron chi connectivity index (χ0n) is 12.3. The van der Waals surface area contributed by atoms with Gasteiger partial charge in [-0.1, -0.05) is 6.07 Å². The van der Waals surface area contributed by atoms with Crippen LogP contribution in [0.4, 0.5) is 0 Å². The number of carbonyl (C=O) groups is 3. The van der Waals surface area contributed by atoms with Crippen molar-refractivity contribution in [2.45, 2.75) is 19.4 Å². The zero-order valence-corrected chi connectivity index (χ0v) is 12.3. The molecule has 1 aromatic carbocycles. The molecule has 0 fully saturated rings. The molecule has 8 heteroatoms. The summed E-state index contributed by atoms with van der Waals surface area (Å²) in [6.07, 6.45) is -1.06. The highest BCUT2D eigenvalue weighted by Crippen LogP contribution is 2.18. The van der Waals surface area contributed by atoms with Crippen molar-refractivity contribution in [2.75, 3.05) is 6.61 Å². The molecule has 0 radical (unpaired) electrons. The van der Waals surface area contributed by atoms with E-state index in [0.29, 0.717) is 6.08 Å². The second-order valence-electron chi connectivity index (χ2n) is 4.52. The quantitative estimate of drug-likeness (QED) is 0.378. The van der Waals surface area contributed by atoms with Crippen LogP contribution < -0.4 is 4.74 Å². The number of aliphatic hydroxyl groups is 1. The van der Waals surface area contributed by atoms with E-state index in [1.165, 1.54) is 31.2 Å². The maximum absolute atomic E-state index is 11.6. The first kappa shape index (κ1) is 18.2. The number of ether oxygens (including phenoxy) is 2. The molecule has 1 aromatic rings. The van der Waals surface area contributed by atoms with Gasteiger partial charge in [-0.25, -0.2) is 14.4 Å². The van der Waals surface area contributed by atoms with E-state index in [0.717, 1.165) is 0 Å². The fourth-order valence-electron chi connectivity index (χ4n) is 1.47. The van der Waals surface area contributed by atoms with Gasteiger partial charge in [0.15, 0.2) is 6.10 Å². The topological polar surface area (TPSA) is 130 Å². The Bertz CT molecular complexity index is 620. The Hall–Kier alpha value is -2.87. The molecule has 0 saturated heterocycles. The van der Waals surface area contributed by atoms with Crippen LogP contribution in [0.5, 0.6) is 11.5 Å². The van der Waals surface area contributed by atoms with Crippen molar-refractivity contribution in [1.82, 2.24) is 0 Å². The van der Waals surface area contributed by atoms with Crippen LogP contribution in [0.3, 0.4) is 0 Å². The van der Waals surface area contributed by atoms with E-state index in [4.69, 9.17) is 14.6 Å². The number of aromatic hydroxyl groups is 1. The monoisotopic (exact) mass is 324 g/mol. The molecular formula is C15H16O8. The lowest BCUT2D eigenvalue weighted by atomic mass is 10.2. The van der Waals surface area contributed by atoms with Crippen LogP contribution in [0.2, 0.25) is 0 Å². The van der Waals surface area contributed by atoms with Gasteiger partial charge >= 0.3 is 17.9 Å². The lowest BCUT2D eigenvalue weighted by Gasteiger charge is -2.11. The SMILES string of the molecule is C/C(=C/C(=O)O)C(=O)OCCC(O)C(=O)Oc1cccc(O)c1. The number of rotatable bonds is 7. The minimum atomic E-state index is -1.53. The first-order valence-electron chi connectivity index (χ1n) is 6.56. The van der Waals surface area contributed by atoms with Crippen LogP contribution in [0, 0.1) is 0 Å². The first-order chi connectivity index (χ1) is 10.8. The van der Waals surface area contributed by atoms with E-state index in [2.05, 4.69) is 0 Å². The molecular weight excluding hydrogens is 308 g/mol. The van der Waals surface area contributed by atoms with Gasteiger partial charge in [0.2, 0.25) is 0 Å². The molecule has 0 bridgehead atoms. The highest BCUT2D eigenvalue weighted by Gasteiger charge is 2.18. The Morgan fingerprint density at radius 3 is 2.61 bits per heavy atom. The molecule has 1 atom stereocenters. The summed E-state index contributed by atoms with van der Waals surface area (Å²) in [7, 11) is 0. The molecule has 0 aliphatic heterocycles. The van der Waals surface area contributed by atoms with Crippen molar-refractivity contribution in [3.8, 4) is 11.5 Å². The summed E-state index contributed by atoms with van der Waals surface area (Å²) < 4.78 is 9.55. The smallest absolute Gasteiger partial charge is 0.340 e. The molecule has 0 amide bonds. The maximum atomic E-state index is 11.6. The molecule has 0 heterocycles. The van der Waals surface area contributed by atoms with Gasteiger partial charge < -0.3 is 24.8 Å². The Kier molecular flexibility index (Phi) is 6.75. The Labute approximate surface area is 131 Å². The molecule has 23 heavy (non-hydrogen) atoms. The number of aliphatic carboxylic acids is 1. The third kappa shape index (κ3) is 6.62. The fourth-order valence-corrected chi connectivity index (χ4v) is 1.47. The predicted octanol–water partition coefficient (Wildman–Crippen LogP) is 0.623. The number of carbonyl (C=O) groups excluding carboxylic acids is 2. The number of carboxylic acids is 1. The van der Waals surface area contributed by atoms with Gasteiger partial charge in [-0.15, -0.1) is 0 Å². The third-order valence-corrected chi connectivity index (χ3v) is 2.59. The molecule has 0 aromatic heterocycles. The van der Waals surface area contributed by atoms with Gasteiger partial charge in [-0.2, -0.15) is 0 Å². The van der Waals surface area contributed by atoms with Crippen LogP contribution in [-0.2, 0) is 19.1 Å². The van der Waals surface area contributed by atoms with Crippen molar-refractivity contribution in [3.63, 3.8) is 0 Å². The average molecular weight is 324 g/mol. The van der Waals surface area contributed by atoms with Crippen molar-refractivity contribution < 1.29 is 39.2 Å². The highest BCUT2D eigenvalue weighted by atomic mass is 16.6. The number of hydrogen-bond donors (Lipinski definition) is 3. The summed E-state index contributed by atoms with van der Waals surface area (Å²) in [5.74, 6) is -3.15. The fraction of sp³-hybridized carbons (Fsp3) is 0.267. The van der Waals surface area contributed by atoms with Crippen LogP contribution in [0.1, 0.15) is 13.3 Å². The standard InChI is InChI=1S/C15H16O8/c1-9(7-13(18)19)14(20)22-6-5-12(17)15(21)23-11-4-2-3-10(16)8-11/h2-4,7-8,12,16-17H,5-6H2,1H3,(H,18,19)/b9-7-. The summed E-state index contributed by atoms with van der Waals surface area (Å²) in [6.45, 7) is 0.975. The second kappa shape index (κ2) is 8.54. The molecule has 0 spiro atoms. The molecule has 0 aliphatic carbocycles. The number of carboxylic acid groups (broad SMARTS) is 1. The number of hydrogen-bond acceptors (Lipinski definition) is 7. The lowest BCUT2D eigenvalue weighted by Crippen LogP contribution is -2.27. The molecule has 1 rings (SSSR count). The van der Waals surface area contributed by atoms with Crippen molar-refractivity contribution >= 4 is 17.9 Å². The van der Waals surface area contributed by atoms with Gasteiger partial charge in [-0.05, 0) is 19.1 Å². The summed E-state index contributed by atoms with van der Waals surface area (Å²) >= 11 is 0. The number of benzene rings is 1. The van der Waals surface area contributed by atoms with Crippen LogP contribution in [0.25, 0.3) is 0 Å². The largest absolute Gasteiger partial charge is 0.508 e. The van der Waals surface area contributed by atoms with Gasteiger partial charge in [0.05, 0.1) is 6.61 Å². The van der Waals surface area contributed by atoms with Crippen molar-refractivity contribution in [2.24, 2.45) is 0 Å². The molecule has 3 N–H and O–H groups in total. The van der Waals surface area contributed by atoms with E-state index in [-0.39, 0.29) is 30.1 Å². The normalized spacial score (nSPS) is 12.3.